The third-order valence-corrected chi connectivity index (χ3v) is 3.28. The van der Waals surface area contributed by atoms with E-state index in [1.165, 1.54) is 12.7 Å². The Hall–Kier alpha value is -1.35. The number of rotatable bonds is 3. The quantitative estimate of drug-likeness (QED) is 0.753. The summed E-state index contributed by atoms with van der Waals surface area (Å²) in [5.41, 5.74) is 2.37. The van der Waals surface area contributed by atoms with Gasteiger partial charge in [0.15, 0.2) is 0 Å². The predicted octanol–water partition coefficient (Wildman–Crippen LogP) is 2.30. The fourth-order valence-electron chi connectivity index (χ4n) is 2.33. The summed E-state index contributed by atoms with van der Waals surface area (Å²) in [5.74, 6) is 0.342. The van der Waals surface area contributed by atoms with Gasteiger partial charge in [0.2, 0.25) is 0 Å². The minimum absolute atomic E-state index is 0.176. The summed E-state index contributed by atoms with van der Waals surface area (Å²) in [6.07, 6.45) is 2.44. The first-order valence-electron chi connectivity index (χ1n) is 6.03. The van der Waals surface area contributed by atoms with Gasteiger partial charge in [-0.3, -0.25) is 4.79 Å². The first-order valence-corrected chi connectivity index (χ1v) is 6.03. The van der Waals surface area contributed by atoms with Crippen molar-refractivity contribution in [2.75, 3.05) is 20.3 Å². The van der Waals surface area contributed by atoms with E-state index in [4.69, 9.17) is 9.47 Å². The summed E-state index contributed by atoms with van der Waals surface area (Å²) in [6.45, 7) is 1.63. The highest BCUT2D eigenvalue weighted by molar-refractivity contribution is 5.73. The van der Waals surface area contributed by atoms with Crippen molar-refractivity contribution in [2.24, 2.45) is 0 Å². The molecule has 1 aliphatic rings. The fourth-order valence-corrected chi connectivity index (χ4v) is 2.33. The van der Waals surface area contributed by atoms with Crippen LogP contribution in [-0.4, -0.2) is 26.3 Å². The first kappa shape index (κ1) is 12.1. The van der Waals surface area contributed by atoms with E-state index in [0.717, 1.165) is 31.6 Å². The highest BCUT2D eigenvalue weighted by Crippen LogP contribution is 2.29. The molecule has 0 atom stereocenters. The van der Waals surface area contributed by atoms with Crippen LogP contribution < -0.4 is 0 Å². The molecule has 0 bridgehead atoms. The average Bonchev–Trinajstić information content (AvgIpc) is 2.40. The van der Waals surface area contributed by atoms with Gasteiger partial charge in [0.25, 0.3) is 0 Å². The summed E-state index contributed by atoms with van der Waals surface area (Å²) in [4.78, 5) is 11.4. The molecule has 0 spiro atoms. The number of hydrogen-bond donors (Lipinski definition) is 0. The summed E-state index contributed by atoms with van der Waals surface area (Å²) in [7, 11) is 1.43. The molecule has 0 aromatic heterocycles. The summed E-state index contributed by atoms with van der Waals surface area (Å²) < 4.78 is 10.1. The normalized spacial score (nSPS) is 16.8. The number of methoxy groups -OCH3 is 1. The molecule has 0 aliphatic carbocycles. The highest BCUT2D eigenvalue weighted by atomic mass is 16.5. The van der Waals surface area contributed by atoms with Gasteiger partial charge in [-0.15, -0.1) is 0 Å². The second kappa shape index (κ2) is 5.82. The van der Waals surface area contributed by atoms with Crippen LogP contribution in [0.25, 0.3) is 0 Å². The van der Waals surface area contributed by atoms with Crippen molar-refractivity contribution in [3.63, 3.8) is 0 Å². The number of carbonyl (C=O) groups excluding carboxylic acids is 1. The molecule has 3 heteroatoms. The van der Waals surface area contributed by atoms with E-state index in [9.17, 15) is 4.79 Å². The van der Waals surface area contributed by atoms with E-state index >= 15 is 0 Å². The predicted molar refractivity (Wildman–Crippen MR) is 65.0 cm³/mol. The first-order chi connectivity index (χ1) is 8.31. The molecule has 1 heterocycles. The summed E-state index contributed by atoms with van der Waals surface area (Å²) >= 11 is 0. The summed E-state index contributed by atoms with van der Waals surface area (Å²) in [5, 5.41) is 0. The van der Waals surface area contributed by atoms with Gasteiger partial charge in [-0.25, -0.2) is 0 Å². The van der Waals surface area contributed by atoms with Crippen molar-refractivity contribution in [3.8, 4) is 0 Å². The van der Waals surface area contributed by atoms with E-state index < -0.39 is 0 Å². The Morgan fingerprint density at radius 2 is 2.06 bits per heavy atom. The Balaban J connectivity index is 2.17. The van der Waals surface area contributed by atoms with Crippen LogP contribution in [0.15, 0.2) is 24.3 Å². The van der Waals surface area contributed by atoms with E-state index in [0.29, 0.717) is 12.3 Å². The Morgan fingerprint density at radius 3 is 2.76 bits per heavy atom. The second-order valence-corrected chi connectivity index (χ2v) is 4.34. The molecule has 1 aromatic rings. The lowest BCUT2D eigenvalue weighted by molar-refractivity contribution is -0.139. The van der Waals surface area contributed by atoms with Crippen molar-refractivity contribution in [1.29, 1.82) is 0 Å². The SMILES string of the molecule is COC(=O)Cc1ccccc1C1CCOCC1. The maximum absolute atomic E-state index is 11.4. The highest BCUT2D eigenvalue weighted by Gasteiger charge is 2.19. The van der Waals surface area contributed by atoms with Gasteiger partial charge >= 0.3 is 5.97 Å². The zero-order chi connectivity index (χ0) is 12.1. The zero-order valence-corrected chi connectivity index (χ0v) is 10.1. The van der Waals surface area contributed by atoms with Gasteiger partial charge in [0.05, 0.1) is 13.5 Å². The number of ether oxygens (including phenoxy) is 2. The van der Waals surface area contributed by atoms with Crippen LogP contribution in [0.4, 0.5) is 0 Å². The molecule has 1 saturated heterocycles. The number of esters is 1. The molecule has 0 saturated carbocycles. The smallest absolute Gasteiger partial charge is 0.309 e. The van der Waals surface area contributed by atoms with Gasteiger partial charge in [-0.1, -0.05) is 24.3 Å². The van der Waals surface area contributed by atoms with E-state index in [1.807, 2.05) is 18.2 Å². The average molecular weight is 234 g/mol. The summed E-state index contributed by atoms with van der Waals surface area (Å²) in [6, 6.07) is 8.14. The number of benzene rings is 1. The van der Waals surface area contributed by atoms with Crippen LogP contribution in [0.1, 0.15) is 29.9 Å². The van der Waals surface area contributed by atoms with E-state index in [1.54, 1.807) is 0 Å². The van der Waals surface area contributed by atoms with Crippen LogP contribution in [-0.2, 0) is 20.7 Å². The molecule has 0 unspecified atom stereocenters. The number of hydrogen-bond acceptors (Lipinski definition) is 3. The Bertz CT molecular complexity index is 381. The second-order valence-electron chi connectivity index (χ2n) is 4.34. The molecule has 0 amide bonds. The van der Waals surface area contributed by atoms with Crippen molar-refractivity contribution >= 4 is 5.97 Å². The van der Waals surface area contributed by atoms with Gasteiger partial charge < -0.3 is 9.47 Å². The molecule has 92 valence electrons. The molecule has 1 aliphatic heterocycles. The Morgan fingerprint density at radius 1 is 1.35 bits per heavy atom. The monoisotopic (exact) mass is 234 g/mol. The van der Waals surface area contributed by atoms with E-state index in [2.05, 4.69) is 6.07 Å². The lowest BCUT2D eigenvalue weighted by Crippen LogP contribution is -2.16. The topological polar surface area (TPSA) is 35.5 Å². The van der Waals surface area contributed by atoms with Crippen molar-refractivity contribution in [3.05, 3.63) is 35.4 Å². The standard InChI is InChI=1S/C14H18O3/c1-16-14(15)10-12-4-2-3-5-13(12)11-6-8-17-9-7-11/h2-5,11H,6-10H2,1H3. The maximum atomic E-state index is 11.4. The maximum Gasteiger partial charge on any atom is 0.309 e. The van der Waals surface area contributed by atoms with Crippen LogP contribution in [0.2, 0.25) is 0 Å². The van der Waals surface area contributed by atoms with Gasteiger partial charge in [-0.05, 0) is 29.9 Å². The third kappa shape index (κ3) is 3.07. The molecule has 1 fully saturated rings. The van der Waals surface area contributed by atoms with Crippen LogP contribution >= 0.6 is 0 Å². The lowest BCUT2D eigenvalue weighted by Gasteiger charge is -2.24. The molecular formula is C14H18O3. The van der Waals surface area contributed by atoms with Crippen molar-refractivity contribution in [2.45, 2.75) is 25.2 Å². The molecule has 17 heavy (non-hydrogen) atoms. The third-order valence-electron chi connectivity index (χ3n) is 3.28. The molecule has 0 N–H and O–H groups in total. The van der Waals surface area contributed by atoms with Gasteiger partial charge in [0, 0.05) is 13.2 Å². The molecule has 1 aromatic carbocycles. The Labute approximate surface area is 102 Å². The minimum atomic E-state index is -0.176. The molecule has 0 radical (unpaired) electrons. The lowest BCUT2D eigenvalue weighted by atomic mass is 9.87. The molecule has 2 rings (SSSR count). The van der Waals surface area contributed by atoms with Crippen LogP contribution in [0.5, 0.6) is 0 Å². The zero-order valence-electron chi connectivity index (χ0n) is 10.1. The van der Waals surface area contributed by atoms with E-state index in [-0.39, 0.29) is 5.97 Å². The van der Waals surface area contributed by atoms with Gasteiger partial charge in [-0.2, -0.15) is 0 Å². The van der Waals surface area contributed by atoms with Gasteiger partial charge in [0.1, 0.15) is 0 Å². The minimum Gasteiger partial charge on any atom is -0.469 e. The Kier molecular flexibility index (Phi) is 4.15. The van der Waals surface area contributed by atoms with Crippen molar-refractivity contribution < 1.29 is 14.3 Å². The largest absolute Gasteiger partial charge is 0.469 e. The number of carbonyl (C=O) groups is 1. The van der Waals surface area contributed by atoms with Crippen LogP contribution in [0, 0.1) is 0 Å². The molecule has 3 nitrogen and oxygen atoms in total. The fraction of sp³-hybridized carbons (Fsp3) is 0.500. The van der Waals surface area contributed by atoms with Crippen LogP contribution in [0.3, 0.4) is 0 Å². The van der Waals surface area contributed by atoms with Crippen molar-refractivity contribution in [1.82, 2.24) is 0 Å². The molecular weight excluding hydrogens is 216 g/mol.